The van der Waals surface area contributed by atoms with E-state index >= 15 is 0 Å². The molecule has 0 fully saturated rings. The van der Waals surface area contributed by atoms with E-state index in [1.165, 1.54) is 0 Å². The maximum atomic E-state index is 13.1. The molecule has 4 nitrogen and oxygen atoms in total. The molecule has 1 aliphatic rings. The van der Waals surface area contributed by atoms with Crippen molar-refractivity contribution in [2.45, 2.75) is 16.7 Å². The summed E-state index contributed by atoms with van der Waals surface area (Å²) in [6.07, 6.45) is 0. The molecule has 3 aromatic carbocycles. The zero-order valence-corrected chi connectivity index (χ0v) is 14.7. The number of anilines is 3. The summed E-state index contributed by atoms with van der Waals surface area (Å²) in [4.78, 5) is 2.57. The highest BCUT2D eigenvalue weighted by molar-refractivity contribution is 7.92. The van der Waals surface area contributed by atoms with Gasteiger partial charge < -0.3 is 9.64 Å². The highest BCUT2D eigenvalue weighted by Gasteiger charge is 2.35. The third-order valence-electron chi connectivity index (χ3n) is 4.37. The second-order valence-electron chi connectivity index (χ2n) is 5.95. The Balaban J connectivity index is 2.10. The molecule has 3 aromatic rings. The summed E-state index contributed by atoms with van der Waals surface area (Å²) in [5.74, 6) is 0.683. The molecule has 0 spiro atoms. The fourth-order valence-corrected chi connectivity index (χ4v) is 4.92. The van der Waals surface area contributed by atoms with Gasteiger partial charge in [0.2, 0.25) is 9.84 Å². The van der Waals surface area contributed by atoms with E-state index in [1.807, 2.05) is 60.4 Å². The Bertz CT molecular complexity index is 1070. The number of ether oxygens (including phenoxy) is 1. The Labute approximate surface area is 147 Å². The predicted octanol–water partition coefficient (Wildman–Crippen LogP) is 4.62. The van der Waals surface area contributed by atoms with Crippen LogP contribution in [0.2, 0.25) is 0 Å². The minimum Gasteiger partial charge on any atom is -0.495 e. The first-order valence-electron chi connectivity index (χ1n) is 7.92. The number of sulfone groups is 1. The van der Waals surface area contributed by atoms with Gasteiger partial charge >= 0.3 is 0 Å². The lowest BCUT2D eigenvalue weighted by Crippen LogP contribution is -2.22. The third-order valence-corrected chi connectivity index (χ3v) is 6.20. The van der Waals surface area contributed by atoms with Gasteiger partial charge in [-0.05, 0) is 48.9 Å². The zero-order valence-electron chi connectivity index (χ0n) is 13.9. The van der Waals surface area contributed by atoms with Crippen LogP contribution in [0.1, 0.15) is 5.56 Å². The van der Waals surface area contributed by atoms with E-state index in [4.69, 9.17) is 4.74 Å². The second-order valence-corrected chi connectivity index (χ2v) is 7.84. The summed E-state index contributed by atoms with van der Waals surface area (Å²) >= 11 is 0. The number of nitrogens with zero attached hydrogens (tertiary/aromatic N) is 1. The van der Waals surface area contributed by atoms with Crippen molar-refractivity contribution in [3.8, 4) is 5.75 Å². The van der Waals surface area contributed by atoms with Crippen molar-refractivity contribution >= 4 is 26.9 Å². The van der Waals surface area contributed by atoms with Gasteiger partial charge in [-0.3, -0.25) is 0 Å². The van der Waals surface area contributed by atoms with Gasteiger partial charge in [-0.25, -0.2) is 8.42 Å². The standard InChI is InChI=1S/C20H17NO3S/c1-14-11-12-17-20(13-14)25(22,23)19-10-6-4-8-16(19)21(17)15-7-3-5-9-18(15)24-2/h3-13H,1-2H3. The van der Waals surface area contributed by atoms with Crippen molar-refractivity contribution in [1.82, 2.24) is 0 Å². The van der Waals surface area contributed by atoms with Gasteiger partial charge in [-0.2, -0.15) is 0 Å². The van der Waals surface area contributed by atoms with E-state index in [0.29, 0.717) is 26.9 Å². The molecule has 1 heterocycles. The van der Waals surface area contributed by atoms with E-state index in [-0.39, 0.29) is 0 Å². The van der Waals surface area contributed by atoms with Crippen molar-refractivity contribution in [2.24, 2.45) is 0 Å². The van der Waals surface area contributed by atoms with Crippen LogP contribution in [-0.2, 0) is 9.84 Å². The Morgan fingerprint density at radius 1 is 0.800 bits per heavy atom. The lowest BCUT2D eigenvalue weighted by molar-refractivity contribution is 0.416. The Kier molecular flexibility index (Phi) is 3.54. The maximum absolute atomic E-state index is 13.1. The van der Waals surface area contributed by atoms with Crippen molar-refractivity contribution in [2.75, 3.05) is 12.0 Å². The normalized spacial score (nSPS) is 14.6. The molecular weight excluding hydrogens is 334 g/mol. The predicted molar refractivity (Wildman–Crippen MR) is 97.9 cm³/mol. The summed E-state index contributed by atoms with van der Waals surface area (Å²) in [5, 5.41) is 0. The van der Waals surface area contributed by atoms with Gasteiger partial charge in [-0.15, -0.1) is 0 Å². The van der Waals surface area contributed by atoms with E-state index in [2.05, 4.69) is 0 Å². The molecule has 0 aliphatic carbocycles. The van der Waals surface area contributed by atoms with Crippen LogP contribution in [0.15, 0.2) is 76.5 Å². The number of aryl methyl sites for hydroxylation is 1. The summed E-state index contributed by atoms with van der Waals surface area (Å²) < 4.78 is 31.8. The maximum Gasteiger partial charge on any atom is 0.210 e. The van der Waals surface area contributed by atoms with Crippen LogP contribution >= 0.6 is 0 Å². The van der Waals surface area contributed by atoms with Gasteiger partial charge in [0.15, 0.2) is 0 Å². The SMILES string of the molecule is COc1ccccc1N1c2ccccc2S(=O)(=O)c2cc(C)ccc21. The number of rotatable bonds is 2. The molecule has 0 N–H and O–H groups in total. The molecule has 0 saturated heterocycles. The quantitative estimate of drug-likeness (QED) is 0.529. The minimum atomic E-state index is -3.57. The number of methoxy groups -OCH3 is 1. The van der Waals surface area contributed by atoms with Crippen molar-refractivity contribution in [1.29, 1.82) is 0 Å². The topological polar surface area (TPSA) is 46.6 Å². The van der Waals surface area contributed by atoms with Crippen LogP contribution in [0, 0.1) is 6.92 Å². The van der Waals surface area contributed by atoms with Crippen molar-refractivity contribution in [3.63, 3.8) is 0 Å². The summed E-state index contributed by atoms with van der Waals surface area (Å²) in [6.45, 7) is 1.89. The molecule has 5 heteroatoms. The molecule has 1 aliphatic heterocycles. The average molecular weight is 351 g/mol. The molecular formula is C20H17NO3S. The lowest BCUT2D eigenvalue weighted by atomic mass is 10.1. The number of para-hydroxylation sites is 3. The highest BCUT2D eigenvalue weighted by atomic mass is 32.2. The largest absolute Gasteiger partial charge is 0.495 e. The fourth-order valence-electron chi connectivity index (χ4n) is 3.21. The number of hydrogen-bond donors (Lipinski definition) is 0. The van der Waals surface area contributed by atoms with Crippen LogP contribution in [-0.4, -0.2) is 15.5 Å². The molecule has 0 radical (unpaired) electrons. The number of benzene rings is 3. The van der Waals surface area contributed by atoms with E-state index in [0.717, 1.165) is 11.3 Å². The summed E-state index contributed by atoms with van der Waals surface area (Å²) in [5.41, 5.74) is 2.97. The first kappa shape index (κ1) is 15.7. The molecule has 25 heavy (non-hydrogen) atoms. The minimum absolute atomic E-state index is 0.305. The Hall–Kier alpha value is -2.79. The monoisotopic (exact) mass is 351 g/mol. The van der Waals surface area contributed by atoms with Crippen molar-refractivity contribution < 1.29 is 13.2 Å². The van der Waals surface area contributed by atoms with Gasteiger partial charge in [0, 0.05) is 0 Å². The van der Waals surface area contributed by atoms with Crippen LogP contribution in [0.5, 0.6) is 5.75 Å². The molecule has 0 aromatic heterocycles. The summed E-state index contributed by atoms with van der Waals surface area (Å²) in [6, 6.07) is 20.2. The molecule has 126 valence electrons. The smallest absolute Gasteiger partial charge is 0.210 e. The second kappa shape index (κ2) is 5.63. The molecule has 0 saturated carbocycles. The Morgan fingerprint density at radius 2 is 1.44 bits per heavy atom. The third kappa shape index (κ3) is 2.31. The number of hydrogen-bond acceptors (Lipinski definition) is 4. The van der Waals surface area contributed by atoms with E-state index in [1.54, 1.807) is 25.3 Å². The van der Waals surface area contributed by atoms with Crippen LogP contribution in [0.25, 0.3) is 0 Å². The van der Waals surface area contributed by atoms with E-state index in [9.17, 15) is 8.42 Å². The Morgan fingerprint density at radius 3 is 2.20 bits per heavy atom. The van der Waals surface area contributed by atoms with Crippen LogP contribution < -0.4 is 9.64 Å². The molecule has 0 unspecified atom stereocenters. The average Bonchev–Trinajstić information content (AvgIpc) is 2.63. The summed E-state index contributed by atoms with van der Waals surface area (Å²) in [7, 11) is -1.95. The fraction of sp³-hybridized carbons (Fsp3) is 0.100. The van der Waals surface area contributed by atoms with Gasteiger partial charge in [0.05, 0.1) is 34.0 Å². The molecule has 0 bridgehead atoms. The molecule has 4 rings (SSSR count). The lowest BCUT2D eigenvalue weighted by Gasteiger charge is -2.33. The molecule has 0 amide bonds. The van der Waals surface area contributed by atoms with Crippen LogP contribution in [0.4, 0.5) is 17.1 Å². The number of fused-ring (bicyclic) bond motifs is 2. The molecule has 0 atom stereocenters. The highest BCUT2D eigenvalue weighted by Crippen LogP contribution is 2.50. The van der Waals surface area contributed by atoms with Gasteiger partial charge in [-0.1, -0.05) is 30.3 Å². The van der Waals surface area contributed by atoms with Crippen LogP contribution in [0.3, 0.4) is 0 Å². The van der Waals surface area contributed by atoms with Gasteiger partial charge in [0.1, 0.15) is 5.75 Å². The first-order chi connectivity index (χ1) is 12.0. The van der Waals surface area contributed by atoms with Crippen molar-refractivity contribution in [3.05, 3.63) is 72.3 Å². The first-order valence-corrected chi connectivity index (χ1v) is 9.40. The van der Waals surface area contributed by atoms with E-state index < -0.39 is 9.84 Å². The van der Waals surface area contributed by atoms with Gasteiger partial charge in [0.25, 0.3) is 0 Å². The zero-order chi connectivity index (χ0) is 17.6.